The molecular weight excluding hydrogens is 207 g/mol. The van der Waals surface area contributed by atoms with Crippen molar-refractivity contribution in [3.8, 4) is 5.75 Å². The van der Waals surface area contributed by atoms with E-state index in [2.05, 4.69) is 0 Å². The Labute approximate surface area is 118 Å². The Bertz CT molecular complexity index is 463. The van der Waals surface area contributed by atoms with Crippen LogP contribution in [0.3, 0.4) is 0 Å². The van der Waals surface area contributed by atoms with Crippen LogP contribution in [0.2, 0.25) is 0 Å². The molecule has 0 saturated carbocycles. The molecule has 0 amide bonds. The van der Waals surface area contributed by atoms with Crippen molar-refractivity contribution in [2.24, 2.45) is 0 Å². The zero-order valence-electron chi connectivity index (χ0n) is 8.30. The molecule has 1 N–H and O–H groups in total. The van der Waals surface area contributed by atoms with Crippen LogP contribution in [0, 0.1) is 0 Å². The Morgan fingerprint density at radius 2 is 1.38 bits per heavy atom. The van der Waals surface area contributed by atoms with E-state index in [0.29, 0.717) is 5.75 Å². The van der Waals surface area contributed by atoms with Crippen molar-refractivity contribution in [2.45, 2.75) is 0 Å². The number of benzene rings is 2. The Morgan fingerprint density at radius 1 is 0.750 bits per heavy atom. The second kappa shape index (κ2) is 6.54. The number of aromatic hydroxyl groups is 1. The molecule has 2 heteroatoms. The van der Waals surface area contributed by atoms with Gasteiger partial charge in [0, 0.05) is 0 Å². The molecule has 0 bridgehead atoms. The molecule has 76 valence electrons. The Morgan fingerprint density at radius 3 is 2.06 bits per heavy atom. The van der Waals surface area contributed by atoms with E-state index in [1.54, 1.807) is 12.1 Å². The van der Waals surface area contributed by atoms with Crippen LogP contribution < -0.4 is 0 Å². The first-order valence-corrected chi connectivity index (χ1v) is 4.87. The quantitative estimate of drug-likeness (QED) is 0.609. The van der Waals surface area contributed by atoms with Gasteiger partial charge in [0.1, 0.15) is 5.75 Å². The number of hydrogen-bond donors (Lipinski definition) is 1. The van der Waals surface area contributed by atoms with Gasteiger partial charge in [-0.3, -0.25) is 0 Å². The maximum atomic E-state index is 9.28. The number of phenolic OH excluding ortho intramolecular Hbond substituents is 1. The van der Waals surface area contributed by atoms with Crippen LogP contribution in [0.4, 0.5) is 0 Å². The van der Waals surface area contributed by atoms with Crippen molar-refractivity contribution in [1.29, 1.82) is 0 Å². The molecule has 2 aromatic carbocycles. The molecule has 0 fully saturated rings. The molecule has 0 aliphatic heterocycles. The number of rotatable bonds is 2. The van der Waals surface area contributed by atoms with Gasteiger partial charge >= 0.3 is 29.6 Å². The van der Waals surface area contributed by atoms with Crippen molar-refractivity contribution in [1.82, 2.24) is 0 Å². The molecule has 0 radical (unpaired) electrons. The SMILES string of the molecule is Oc1cccc(/C=C/c2ccccc2)c1.[NaH]. The molecule has 0 aliphatic rings. The Hall–Kier alpha value is -1.02. The molecule has 0 saturated heterocycles. The van der Waals surface area contributed by atoms with Gasteiger partial charge in [-0.25, -0.2) is 0 Å². The van der Waals surface area contributed by atoms with Crippen LogP contribution >= 0.6 is 0 Å². The summed E-state index contributed by atoms with van der Waals surface area (Å²) in [6.45, 7) is 0. The van der Waals surface area contributed by atoms with E-state index in [-0.39, 0.29) is 29.6 Å². The first kappa shape index (κ1) is 13.0. The van der Waals surface area contributed by atoms with Crippen molar-refractivity contribution in [3.05, 3.63) is 65.7 Å². The Balaban J connectivity index is 0.00000128. The van der Waals surface area contributed by atoms with E-state index in [9.17, 15) is 5.11 Å². The van der Waals surface area contributed by atoms with Gasteiger partial charge in [-0.05, 0) is 23.3 Å². The predicted octanol–water partition coefficient (Wildman–Crippen LogP) is 2.91. The summed E-state index contributed by atoms with van der Waals surface area (Å²) in [4.78, 5) is 0. The summed E-state index contributed by atoms with van der Waals surface area (Å²) < 4.78 is 0. The maximum absolute atomic E-state index is 9.28. The first-order valence-electron chi connectivity index (χ1n) is 4.87. The summed E-state index contributed by atoms with van der Waals surface area (Å²) in [5, 5.41) is 9.28. The summed E-state index contributed by atoms with van der Waals surface area (Å²) in [6, 6.07) is 17.3. The van der Waals surface area contributed by atoms with Gasteiger partial charge in [-0.2, -0.15) is 0 Å². The minimum atomic E-state index is 0. The van der Waals surface area contributed by atoms with Gasteiger partial charge in [0.25, 0.3) is 0 Å². The van der Waals surface area contributed by atoms with E-state index in [1.807, 2.05) is 54.6 Å². The van der Waals surface area contributed by atoms with E-state index < -0.39 is 0 Å². The molecule has 0 heterocycles. The molecule has 2 aromatic rings. The third kappa shape index (κ3) is 3.86. The topological polar surface area (TPSA) is 20.2 Å². The van der Waals surface area contributed by atoms with E-state index in [1.165, 1.54) is 0 Å². The fourth-order valence-electron chi connectivity index (χ4n) is 1.39. The fraction of sp³-hybridized carbons (Fsp3) is 0. The molecule has 16 heavy (non-hydrogen) atoms. The molecule has 0 aliphatic carbocycles. The first-order chi connectivity index (χ1) is 7.34. The molecule has 1 nitrogen and oxygen atoms in total. The summed E-state index contributed by atoms with van der Waals surface area (Å²) in [7, 11) is 0. The van der Waals surface area contributed by atoms with Crippen molar-refractivity contribution in [3.63, 3.8) is 0 Å². The van der Waals surface area contributed by atoms with Crippen LogP contribution in [-0.4, -0.2) is 34.7 Å². The third-order valence-corrected chi connectivity index (χ3v) is 2.14. The van der Waals surface area contributed by atoms with E-state index in [0.717, 1.165) is 11.1 Å². The van der Waals surface area contributed by atoms with E-state index >= 15 is 0 Å². The van der Waals surface area contributed by atoms with Crippen molar-refractivity contribution in [2.75, 3.05) is 0 Å². The second-order valence-electron chi connectivity index (χ2n) is 3.34. The molecule has 2 rings (SSSR count). The standard InChI is InChI=1S/C14H12O.Na.H/c15-14-8-4-7-13(11-14)10-9-12-5-2-1-3-6-12;;/h1-11,15H;;/b10-9+;;. The monoisotopic (exact) mass is 220 g/mol. The molecule has 0 spiro atoms. The molecule has 0 aromatic heterocycles. The zero-order chi connectivity index (χ0) is 10.5. The van der Waals surface area contributed by atoms with Crippen LogP contribution in [0.15, 0.2) is 54.6 Å². The van der Waals surface area contributed by atoms with Crippen molar-refractivity contribution >= 4 is 41.7 Å². The predicted molar refractivity (Wildman–Crippen MR) is 70.6 cm³/mol. The van der Waals surface area contributed by atoms with Crippen LogP contribution in [0.1, 0.15) is 11.1 Å². The Kier molecular flexibility index (Phi) is 5.33. The van der Waals surface area contributed by atoms with Crippen LogP contribution in [0.5, 0.6) is 5.75 Å². The van der Waals surface area contributed by atoms with Gasteiger partial charge < -0.3 is 5.11 Å². The van der Waals surface area contributed by atoms with E-state index in [4.69, 9.17) is 0 Å². The minimum absolute atomic E-state index is 0. The van der Waals surface area contributed by atoms with Gasteiger partial charge in [0.05, 0.1) is 0 Å². The number of hydrogen-bond acceptors (Lipinski definition) is 1. The summed E-state index contributed by atoms with van der Waals surface area (Å²) in [6.07, 6.45) is 4.00. The van der Waals surface area contributed by atoms with Gasteiger partial charge in [-0.1, -0.05) is 54.6 Å². The molecule has 0 atom stereocenters. The summed E-state index contributed by atoms with van der Waals surface area (Å²) in [5.74, 6) is 0.296. The summed E-state index contributed by atoms with van der Waals surface area (Å²) in [5.41, 5.74) is 2.15. The average molecular weight is 220 g/mol. The second-order valence-corrected chi connectivity index (χ2v) is 3.34. The van der Waals surface area contributed by atoms with Gasteiger partial charge in [0.2, 0.25) is 0 Å². The molecular formula is C14H13NaO. The normalized spacial score (nSPS) is 10.0. The van der Waals surface area contributed by atoms with Crippen LogP contribution in [-0.2, 0) is 0 Å². The van der Waals surface area contributed by atoms with Gasteiger partial charge in [-0.15, -0.1) is 0 Å². The van der Waals surface area contributed by atoms with Gasteiger partial charge in [0.15, 0.2) is 0 Å². The molecule has 0 unspecified atom stereocenters. The number of phenols is 1. The fourth-order valence-corrected chi connectivity index (χ4v) is 1.39. The zero-order valence-corrected chi connectivity index (χ0v) is 8.30. The third-order valence-electron chi connectivity index (χ3n) is 2.14. The van der Waals surface area contributed by atoms with Crippen LogP contribution in [0.25, 0.3) is 12.2 Å². The average Bonchev–Trinajstić information content (AvgIpc) is 2.28. The summed E-state index contributed by atoms with van der Waals surface area (Å²) >= 11 is 0. The van der Waals surface area contributed by atoms with Crippen molar-refractivity contribution < 1.29 is 5.11 Å².